The molecule has 9 nitrogen and oxygen atoms in total. The van der Waals surface area contributed by atoms with Crippen molar-refractivity contribution in [1.82, 2.24) is 10.0 Å². The molecule has 1 amide bonds. The van der Waals surface area contributed by atoms with E-state index in [1.807, 2.05) is 6.07 Å². The summed E-state index contributed by atoms with van der Waals surface area (Å²) in [5.41, 5.74) is 1.16. The van der Waals surface area contributed by atoms with Crippen molar-refractivity contribution in [1.29, 1.82) is 0 Å². The number of aliphatic hydroxyl groups is 1. The second kappa shape index (κ2) is 10.5. The monoisotopic (exact) mass is 476 g/mol. The van der Waals surface area contributed by atoms with Crippen molar-refractivity contribution >= 4 is 15.9 Å². The topological polar surface area (TPSA) is 123 Å². The average Bonchev–Trinajstić information content (AvgIpc) is 3.28. The zero-order chi connectivity index (χ0) is 23.3. The molecule has 0 aromatic heterocycles. The number of carbonyl (C=O) groups excluding carboxylic acids is 1. The van der Waals surface area contributed by atoms with Crippen LogP contribution in [0.15, 0.2) is 48.5 Å². The lowest BCUT2D eigenvalue weighted by molar-refractivity contribution is -0.0891. The molecular weight excluding hydrogens is 448 g/mol. The molecule has 2 aliphatic rings. The van der Waals surface area contributed by atoms with Gasteiger partial charge in [-0.15, -0.1) is 0 Å². The second-order valence-electron chi connectivity index (χ2n) is 8.13. The van der Waals surface area contributed by atoms with E-state index in [-0.39, 0.29) is 43.8 Å². The van der Waals surface area contributed by atoms with Crippen LogP contribution in [-0.4, -0.2) is 57.6 Å². The van der Waals surface area contributed by atoms with Gasteiger partial charge in [0.1, 0.15) is 6.10 Å². The van der Waals surface area contributed by atoms with E-state index in [2.05, 4.69) is 10.0 Å². The highest BCUT2D eigenvalue weighted by Gasteiger charge is 2.32. The minimum Gasteiger partial charge on any atom is -0.454 e. The molecule has 178 valence electrons. The molecular formula is C23H28N2O7S. The van der Waals surface area contributed by atoms with Gasteiger partial charge < -0.3 is 24.6 Å². The summed E-state index contributed by atoms with van der Waals surface area (Å²) in [7, 11) is -3.45. The van der Waals surface area contributed by atoms with Crippen LogP contribution in [0.3, 0.4) is 0 Å². The molecule has 0 unspecified atom stereocenters. The molecule has 33 heavy (non-hydrogen) atoms. The Bertz CT molecular complexity index is 1060. The van der Waals surface area contributed by atoms with Gasteiger partial charge in [-0.2, -0.15) is 0 Å². The molecule has 3 atom stereocenters. The number of carbonyl (C=O) groups is 1. The van der Waals surface area contributed by atoms with Crippen molar-refractivity contribution in [3.05, 3.63) is 59.7 Å². The van der Waals surface area contributed by atoms with E-state index in [1.165, 1.54) is 0 Å². The van der Waals surface area contributed by atoms with Crippen LogP contribution < -0.4 is 19.5 Å². The number of rotatable bonds is 9. The Hall–Kier alpha value is -2.66. The lowest BCUT2D eigenvalue weighted by atomic mass is 9.96. The standard InChI is InChI=1S/C23H28N2O7S/c26-13-22-19(25-23(27)17-6-9-20-21(12-17)31-15-30-20)8-7-18(32-22)10-11-24-33(28,29)14-16-4-2-1-3-5-16/h1-6,9,12,18-19,22,24,26H,7-8,10-11,13-15H2,(H,25,27)/t18-,19-,22-/m0/s1. The minimum absolute atomic E-state index is 0.0768. The summed E-state index contributed by atoms with van der Waals surface area (Å²) < 4.78 is 43.7. The van der Waals surface area contributed by atoms with Gasteiger partial charge in [0.25, 0.3) is 5.91 Å². The van der Waals surface area contributed by atoms with E-state index in [1.54, 1.807) is 42.5 Å². The predicted octanol–water partition coefficient (Wildman–Crippen LogP) is 1.56. The maximum Gasteiger partial charge on any atom is 0.251 e. The van der Waals surface area contributed by atoms with E-state index in [0.717, 1.165) is 5.56 Å². The highest BCUT2D eigenvalue weighted by molar-refractivity contribution is 7.88. The second-order valence-corrected chi connectivity index (χ2v) is 9.94. The molecule has 0 radical (unpaired) electrons. The molecule has 0 bridgehead atoms. The van der Waals surface area contributed by atoms with Gasteiger partial charge >= 0.3 is 0 Å². The van der Waals surface area contributed by atoms with Gasteiger partial charge in [-0.25, -0.2) is 13.1 Å². The molecule has 4 rings (SSSR count). The van der Waals surface area contributed by atoms with Crippen LogP contribution in [0.5, 0.6) is 11.5 Å². The van der Waals surface area contributed by atoms with Gasteiger partial charge in [0.2, 0.25) is 16.8 Å². The molecule has 2 aliphatic heterocycles. The van der Waals surface area contributed by atoms with Crippen molar-refractivity contribution in [2.75, 3.05) is 19.9 Å². The number of hydrogen-bond acceptors (Lipinski definition) is 7. The van der Waals surface area contributed by atoms with E-state index in [9.17, 15) is 18.3 Å². The van der Waals surface area contributed by atoms with Gasteiger partial charge in [0.05, 0.1) is 24.5 Å². The Balaban J connectivity index is 1.25. The van der Waals surface area contributed by atoms with Crippen molar-refractivity contribution < 1.29 is 32.5 Å². The van der Waals surface area contributed by atoms with Crippen LogP contribution in [-0.2, 0) is 20.5 Å². The summed E-state index contributed by atoms with van der Waals surface area (Å²) in [5, 5.41) is 12.7. The molecule has 2 heterocycles. The predicted molar refractivity (Wildman–Crippen MR) is 120 cm³/mol. The molecule has 10 heteroatoms. The van der Waals surface area contributed by atoms with Gasteiger partial charge in [0, 0.05) is 12.1 Å². The summed E-state index contributed by atoms with van der Waals surface area (Å²) >= 11 is 0. The summed E-state index contributed by atoms with van der Waals surface area (Å²) in [5.74, 6) is 0.763. The largest absolute Gasteiger partial charge is 0.454 e. The fourth-order valence-electron chi connectivity index (χ4n) is 4.02. The van der Waals surface area contributed by atoms with Crippen LogP contribution in [0.1, 0.15) is 35.2 Å². The summed E-state index contributed by atoms with van der Waals surface area (Å²) in [6.45, 7) is 0.127. The number of sulfonamides is 1. The van der Waals surface area contributed by atoms with Crippen LogP contribution in [0.2, 0.25) is 0 Å². The zero-order valence-corrected chi connectivity index (χ0v) is 18.9. The Labute approximate surface area is 193 Å². The van der Waals surface area contributed by atoms with Crippen molar-refractivity contribution in [3.8, 4) is 11.5 Å². The normalized spacial score (nSPS) is 22.2. The first-order valence-electron chi connectivity index (χ1n) is 10.9. The Morgan fingerprint density at radius 3 is 2.64 bits per heavy atom. The van der Waals surface area contributed by atoms with Gasteiger partial charge in [-0.05, 0) is 43.0 Å². The number of ether oxygens (including phenoxy) is 3. The lowest BCUT2D eigenvalue weighted by Gasteiger charge is -2.36. The average molecular weight is 477 g/mol. The highest BCUT2D eigenvalue weighted by atomic mass is 32.2. The van der Waals surface area contributed by atoms with Crippen LogP contribution in [0.25, 0.3) is 0 Å². The Morgan fingerprint density at radius 1 is 1.06 bits per heavy atom. The number of amides is 1. The third kappa shape index (κ3) is 6.23. The molecule has 3 N–H and O–H groups in total. The molecule has 1 fully saturated rings. The Kier molecular flexibility index (Phi) is 7.49. The molecule has 2 aromatic carbocycles. The van der Waals surface area contributed by atoms with Crippen molar-refractivity contribution in [2.45, 2.75) is 43.3 Å². The smallest absolute Gasteiger partial charge is 0.251 e. The van der Waals surface area contributed by atoms with Crippen molar-refractivity contribution in [3.63, 3.8) is 0 Å². The maximum atomic E-state index is 12.7. The zero-order valence-electron chi connectivity index (χ0n) is 18.1. The molecule has 0 spiro atoms. The summed E-state index contributed by atoms with van der Waals surface area (Å²) in [6.07, 6.45) is 0.960. The number of benzene rings is 2. The highest BCUT2D eigenvalue weighted by Crippen LogP contribution is 2.32. The molecule has 0 aliphatic carbocycles. The van der Waals surface area contributed by atoms with Crippen LogP contribution >= 0.6 is 0 Å². The number of fused-ring (bicyclic) bond motifs is 1. The lowest BCUT2D eigenvalue weighted by Crippen LogP contribution is -2.51. The third-order valence-corrected chi connectivity index (χ3v) is 7.09. The SMILES string of the molecule is O=C(N[C@H]1CC[C@@H](CCNS(=O)(=O)Cc2ccccc2)O[C@H]1CO)c1ccc2c(c1)OCO2. The number of nitrogens with one attached hydrogen (secondary N) is 2. The maximum absolute atomic E-state index is 12.7. The van der Waals surface area contributed by atoms with E-state index >= 15 is 0 Å². The first kappa shape index (κ1) is 23.5. The van der Waals surface area contributed by atoms with E-state index in [4.69, 9.17) is 14.2 Å². The number of aliphatic hydroxyl groups excluding tert-OH is 1. The fourth-order valence-corrected chi connectivity index (χ4v) is 5.18. The van der Waals surface area contributed by atoms with Crippen LogP contribution in [0, 0.1) is 0 Å². The number of hydrogen-bond donors (Lipinski definition) is 3. The molecule has 1 saturated heterocycles. The minimum atomic E-state index is -3.45. The summed E-state index contributed by atoms with van der Waals surface area (Å²) in [6, 6.07) is 13.6. The van der Waals surface area contributed by atoms with Gasteiger partial charge in [-0.1, -0.05) is 30.3 Å². The Morgan fingerprint density at radius 2 is 1.85 bits per heavy atom. The molecule has 0 saturated carbocycles. The van der Waals surface area contributed by atoms with Gasteiger partial charge in [0.15, 0.2) is 11.5 Å². The first-order valence-corrected chi connectivity index (χ1v) is 12.6. The van der Waals surface area contributed by atoms with E-state index < -0.39 is 16.1 Å². The summed E-state index contributed by atoms with van der Waals surface area (Å²) in [4.78, 5) is 12.7. The van der Waals surface area contributed by atoms with Gasteiger partial charge in [-0.3, -0.25) is 4.79 Å². The van der Waals surface area contributed by atoms with Crippen molar-refractivity contribution in [2.24, 2.45) is 0 Å². The third-order valence-electron chi connectivity index (χ3n) is 5.73. The van der Waals surface area contributed by atoms with E-state index in [0.29, 0.717) is 36.3 Å². The first-order chi connectivity index (χ1) is 15.9. The molecule has 2 aromatic rings. The fraction of sp³-hybridized carbons (Fsp3) is 0.435. The van der Waals surface area contributed by atoms with Crippen LogP contribution in [0.4, 0.5) is 0 Å². The quantitative estimate of drug-likeness (QED) is 0.502.